The van der Waals surface area contributed by atoms with E-state index in [0.717, 1.165) is 25.7 Å². The van der Waals surface area contributed by atoms with E-state index >= 15 is 0 Å². The standard InChI is InChI=1S/C5H9NO.C2H6O/c7-4-5-2-1-3-6-5;1-2-3/h4-6H,1-3H2;3H,2H2,1H3/t5-;/m0./s1. The fourth-order valence-electron chi connectivity index (χ4n) is 0.828. The summed E-state index contributed by atoms with van der Waals surface area (Å²) >= 11 is 0. The van der Waals surface area contributed by atoms with Gasteiger partial charge in [0.2, 0.25) is 0 Å². The van der Waals surface area contributed by atoms with Crippen LogP contribution in [0.4, 0.5) is 0 Å². The Hall–Kier alpha value is -0.410. The summed E-state index contributed by atoms with van der Waals surface area (Å²) in [6, 6.07) is 0.167. The highest BCUT2D eigenvalue weighted by atomic mass is 16.2. The summed E-state index contributed by atoms with van der Waals surface area (Å²) in [6.07, 6.45) is 3.17. The van der Waals surface area contributed by atoms with Crippen molar-refractivity contribution < 1.29 is 9.90 Å². The molecule has 0 aromatic rings. The van der Waals surface area contributed by atoms with E-state index in [2.05, 4.69) is 5.32 Å². The maximum atomic E-state index is 9.94. The fourth-order valence-corrected chi connectivity index (χ4v) is 0.828. The van der Waals surface area contributed by atoms with E-state index < -0.39 is 0 Å². The summed E-state index contributed by atoms with van der Waals surface area (Å²) in [7, 11) is 0. The number of aliphatic hydroxyl groups excluding tert-OH is 1. The summed E-state index contributed by atoms with van der Waals surface area (Å²) in [5.41, 5.74) is 0. The third-order valence-corrected chi connectivity index (χ3v) is 1.26. The molecule has 1 heterocycles. The SMILES string of the molecule is CCO.O=C[C@@H]1CCCN1. The van der Waals surface area contributed by atoms with Crippen LogP contribution in [0, 0.1) is 0 Å². The third-order valence-electron chi connectivity index (χ3n) is 1.26. The molecule has 0 aromatic carbocycles. The van der Waals surface area contributed by atoms with Gasteiger partial charge in [0, 0.05) is 6.61 Å². The number of aldehydes is 1. The van der Waals surface area contributed by atoms with Crippen molar-refractivity contribution in [2.24, 2.45) is 0 Å². The Morgan fingerprint density at radius 1 is 1.80 bits per heavy atom. The molecule has 0 spiro atoms. The number of hydrogen-bond acceptors (Lipinski definition) is 3. The molecule has 60 valence electrons. The molecule has 10 heavy (non-hydrogen) atoms. The van der Waals surface area contributed by atoms with Crippen LogP contribution >= 0.6 is 0 Å². The molecule has 0 saturated carbocycles. The van der Waals surface area contributed by atoms with Gasteiger partial charge in [-0.2, -0.15) is 0 Å². The Morgan fingerprint density at radius 3 is 2.60 bits per heavy atom. The van der Waals surface area contributed by atoms with Gasteiger partial charge in [0.1, 0.15) is 6.29 Å². The molecule has 0 amide bonds. The summed E-state index contributed by atoms with van der Waals surface area (Å²) in [6.45, 7) is 2.95. The number of rotatable bonds is 1. The minimum atomic E-state index is 0.167. The third kappa shape index (κ3) is 4.47. The highest BCUT2D eigenvalue weighted by Gasteiger charge is 2.10. The van der Waals surface area contributed by atoms with Crippen LogP contribution in [0.2, 0.25) is 0 Å². The lowest BCUT2D eigenvalue weighted by Crippen LogP contribution is -2.21. The van der Waals surface area contributed by atoms with Gasteiger partial charge in [-0.3, -0.25) is 0 Å². The van der Waals surface area contributed by atoms with Gasteiger partial charge in [0.25, 0.3) is 0 Å². The second kappa shape index (κ2) is 6.71. The van der Waals surface area contributed by atoms with Gasteiger partial charge < -0.3 is 15.2 Å². The summed E-state index contributed by atoms with van der Waals surface area (Å²) in [5, 5.41) is 10.6. The second-order valence-corrected chi connectivity index (χ2v) is 2.16. The van der Waals surface area contributed by atoms with Crippen LogP contribution in [-0.2, 0) is 4.79 Å². The molecule has 1 rings (SSSR count). The first-order valence-corrected chi connectivity index (χ1v) is 3.64. The minimum Gasteiger partial charge on any atom is -0.397 e. The van der Waals surface area contributed by atoms with Gasteiger partial charge in [-0.05, 0) is 26.3 Å². The molecule has 1 saturated heterocycles. The smallest absolute Gasteiger partial charge is 0.136 e. The van der Waals surface area contributed by atoms with Crippen molar-refractivity contribution in [1.82, 2.24) is 5.32 Å². The second-order valence-electron chi connectivity index (χ2n) is 2.16. The predicted molar refractivity (Wildman–Crippen MR) is 39.8 cm³/mol. The topological polar surface area (TPSA) is 49.3 Å². The molecule has 1 aliphatic heterocycles. The van der Waals surface area contributed by atoms with Crippen LogP contribution in [0.5, 0.6) is 0 Å². The molecule has 3 nitrogen and oxygen atoms in total. The first kappa shape index (κ1) is 9.59. The van der Waals surface area contributed by atoms with Gasteiger partial charge in [-0.15, -0.1) is 0 Å². The molecule has 1 fully saturated rings. The molecule has 0 radical (unpaired) electrons. The first-order chi connectivity index (χ1) is 4.85. The van der Waals surface area contributed by atoms with Gasteiger partial charge in [0.15, 0.2) is 0 Å². The average molecular weight is 145 g/mol. The van der Waals surface area contributed by atoms with Crippen molar-refractivity contribution in [3.05, 3.63) is 0 Å². The van der Waals surface area contributed by atoms with Gasteiger partial charge in [-0.1, -0.05) is 0 Å². The van der Waals surface area contributed by atoms with E-state index in [1.54, 1.807) is 6.92 Å². The monoisotopic (exact) mass is 145 g/mol. The fraction of sp³-hybridized carbons (Fsp3) is 0.857. The highest BCUT2D eigenvalue weighted by molar-refractivity contribution is 5.57. The van der Waals surface area contributed by atoms with Crippen LogP contribution in [0.15, 0.2) is 0 Å². The van der Waals surface area contributed by atoms with E-state index in [4.69, 9.17) is 5.11 Å². The maximum absolute atomic E-state index is 9.94. The molecule has 0 aliphatic carbocycles. The van der Waals surface area contributed by atoms with Crippen molar-refractivity contribution in [1.29, 1.82) is 0 Å². The first-order valence-electron chi connectivity index (χ1n) is 3.64. The van der Waals surface area contributed by atoms with E-state index in [1.165, 1.54) is 0 Å². The number of carbonyl (C=O) groups is 1. The molecule has 0 unspecified atom stereocenters. The van der Waals surface area contributed by atoms with E-state index in [0.29, 0.717) is 0 Å². The van der Waals surface area contributed by atoms with Crippen LogP contribution in [0.3, 0.4) is 0 Å². The normalized spacial score (nSPS) is 23.2. The molecular formula is C7H15NO2. The van der Waals surface area contributed by atoms with Crippen molar-refractivity contribution in [3.8, 4) is 0 Å². The van der Waals surface area contributed by atoms with Crippen molar-refractivity contribution in [2.75, 3.05) is 13.2 Å². The van der Waals surface area contributed by atoms with Crippen molar-refractivity contribution in [2.45, 2.75) is 25.8 Å². The van der Waals surface area contributed by atoms with Crippen LogP contribution in [0.1, 0.15) is 19.8 Å². The lowest BCUT2D eigenvalue weighted by atomic mass is 10.2. The number of hydrogen-bond donors (Lipinski definition) is 2. The number of nitrogens with one attached hydrogen (secondary N) is 1. The molecule has 0 bridgehead atoms. The predicted octanol–water partition coefficient (Wildman–Crippen LogP) is -0.0641. The lowest BCUT2D eigenvalue weighted by Gasteiger charge is -1.93. The molecule has 1 aliphatic rings. The molecule has 3 heteroatoms. The Morgan fingerprint density at radius 2 is 2.40 bits per heavy atom. The average Bonchev–Trinajstić information content (AvgIpc) is 2.39. The van der Waals surface area contributed by atoms with Crippen molar-refractivity contribution in [3.63, 3.8) is 0 Å². The van der Waals surface area contributed by atoms with Gasteiger partial charge >= 0.3 is 0 Å². The zero-order valence-electron chi connectivity index (χ0n) is 6.34. The molecule has 1 atom stereocenters. The molecule has 0 aromatic heterocycles. The summed E-state index contributed by atoms with van der Waals surface area (Å²) in [5.74, 6) is 0. The lowest BCUT2D eigenvalue weighted by molar-refractivity contribution is -0.109. The molecule has 2 N–H and O–H groups in total. The molecular weight excluding hydrogens is 130 g/mol. The maximum Gasteiger partial charge on any atom is 0.136 e. The number of aliphatic hydroxyl groups is 1. The zero-order chi connectivity index (χ0) is 7.82. The quantitative estimate of drug-likeness (QED) is 0.508. The van der Waals surface area contributed by atoms with Gasteiger partial charge in [0.05, 0.1) is 6.04 Å². The Balaban J connectivity index is 0.000000236. The number of carbonyl (C=O) groups excluding carboxylic acids is 1. The van der Waals surface area contributed by atoms with Crippen LogP contribution in [-0.4, -0.2) is 30.6 Å². The Labute approximate surface area is 61.4 Å². The summed E-state index contributed by atoms with van der Waals surface area (Å²) in [4.78, 5) is 9.94. The van der Waals surface area contributed by atoms with E-state index in [-0.39, 0.29) is 12.6 Å². The van der Waals surface area contributed by atoms with Crippen LogP contribution in [0.25, 0.3) is 0 Å². The minimum absolute atomic E-state index is 0.167. The van der Waals surface area contributed by atoms with Crippen LogP contribution < -0.4 is 5.32 Å². The van der Waals surface area contributed by atoms with E-state index in [9.17, 15) is 4.79 Å². The largest absolute Gasteiger partial charge is 0.397 e. The van der Waals surface area contributed by atoms with E-state index in [1.807, 2.05) is 0 Å². The Kier molecular flexibility index (Phi) is 6.43. The highest BCUT2D eigenvalue weighted by Crippen LogP contribution is 2.00. The zero-order valence-corrected chi connectivity index (χ0v) is 6.34. The Bertz CT molecular complexity index is 79.7. The summed E-state index contributed by atoms with van der Waals surface area (Å²) < 4.78 is 0. The van der Waals surface area contributed by atoms with Gasteiger partial charge in [-0.25, -0.2) is 0 Å². The van der Waals surface area contributed by atoms with Crippen molar-refractivity contribution >= 4 is 6.29 Å².